The Hall–Kier alpha value is -1.54. The zero-order valence-corrected chi connectivity index (χ0v) is 10.1. The fourth-order valence-corrected chi connectivity index (χ4v) is 1.44. The normalized spacial score (nSPS) is 11.4. The molecule has 90 valence electrons. The van der Waals surface area contributed by atoms with Gasteiger partial charge in [-0.1, -0.05) is 0 Å². The van der Waals surface area contributed by atoms with E-state index in [4.69, 9.17) is 9.84 Å². The first-order valence-corrected chi connectivity index (χ1v) is 5.78. The third kappa shape index (κ3) is 4.08. The van der Waals surface area contributed by atoms with Crippen LogP contribution in [0.25, 0.3) is 0 Å². The number of phenols is 1. The Bertz CT molecular complexity index is 480. The monoisotopic (exact) mass is 253 g/mol. The molecule has 0 unspecified atom stereocenters. The average molecular weight is 253 g/mol. The summed E-state index contributed by atoms with van der Waals surface area (Å²) < 4.78 is 15.2. The SMILES string of the molecule is CCOC(=O)[C@H](NC#P=O)c1ccc(O)cc1. The number of aromatic hydroxyl groups is 1. The number of hydrogen-bond acceptors (Lipinski definition) is 5. The topological polar surface area (TPSA) is 75.6 Å². The van der Waals surface area contributed by atoms with Crippen LogP contribution < -0.4 is 5.32 Å². The summed E-state index contributed by atoms with van der Waals surface area (Å²) in [6, 6.07) is 5.29. The zero-order chi connectivity index (χ0) is 12.7. The van der Waals surface area contributed by atoms with E-state index in [9.17, 15) is 9.36 Å². The summed E-state index contributed by atoms with van der Waals surface area (Å²) in [6.45, 7) is 1.95. The zero-order valence-electron chi connectivity index (χ0n) is 9.21. The Labute approximate surface area is 99.9 Å². The summed E-state index contributed by atoms with van der Waals surface area (Å²) in [5.41, 5.74) is 0.595. The minimum atomic E-state index is -0.781. The summed E-state index contributed by atoms with van der Waals surface area (Å²) in [6.07, 6.45) is 0. The van der Waals surface area contributed by atoms with Gasteiger partial charge in [0.25, 0.3) is 0 Å². The Morgan fingerprint density at radius 3 is 2.71 bits per heavy atom. The molecule has 1 atom stereocenters. The molecule has 5 nitrogen and oxygen atoms in total. The van der Waals surface area contributed by atoms with Crippen LogP contribution in [0.5, 0.6) is 5.75 Å². The van der Waals surface area contributed by atoms with Crippen molar-refractivity contribution in [2.24, 2.45) is 0 Å². The van der Waals surface area contributed by atoms with E-state index in [2.05, 4.69) is 11.1 Å². The Morgan fingerprint density at radius 2 is 2.18 bits per heavy atom. The molecule has 0 bridgehead atoms. The first-order chi connectivity index (χ1) is 8.19. The quantitative estimate of drug-likeness (QED) is 0.486. The molecule has 0 radical (unpaired) electrons. The van der Waals surface area contributed by atoms with E-state index in [-0.39, 0.29) is 20.3 Å². The van der Waals surface area contributed by atoms with E-state index in [1.54, 1.807) is 19.1 Å². The van der Waals surface area contributed by atoms with Gasteiger partial charge in [0.05, 0.1) is 0 Å². The number of benzene rings is 1. The molecule has 2 N–H and O–H groups in total. The summed E-state index contributed by atoms with van der Waals surface area (Å²) in [7, 11) is -0.343. The van der Waals surface area contributed by atoms with Crippen molar-refractivity contribution in [3.05, 3.63) is 29.8 Å². The molecular weight excluding hydrogens is 241 g/mol. The van der Waals surface area contributed by atoms with E-state index in [1.807, 2.05) is 0 Å². The van der Waals surface area contributed by atoms with Crippen LogP contribution in [0.1, 0.15) is 18.5 Å². The van der Waals surface area contributed by atoms with Crippen LogP contribution in [0.3, 0.4) is 0 Å². The van der Waals surface area contributed by atoms with Crippen molar-refractivity contribution in [2.45, 2.75) is 13.0 Å². The Morgan fingerprint density at radius 1 is 1.53 bits per heavy atom. The number of nitrogens with one attached hydrogen (secondary N) is 1. The molecule has 0 saturated heterocycles. The van der Waals surface area contributed by atoms with Crippen LogP contribution in [0, 0.1) is 5.75 Å². The van der Waals surface area contributed by atoms with Crippen molar-refractivity contribution in [1.29, 1.82) is 0 Å². The van der Waals surface area contributed by atoms with E-state index >= 15 is 0 Å². The van der Waals surface area contributed by atoms with Crippen molar-refractivity contribution in [3.63, 3.8) is 0 Å². The van der Waals surface area contributed by atoms with E-state index in [0.717, 1.165) is 0 Å². The number of carbonyl (C=O) groups is 1. The van der Waals surface area contributed by atoms with Gasteiger partial charge in [-0.2, -0.15) is 0 Å². The average Bonchev–Trinajstić information content (AvgIpc) is 2.32. The summed E-state index contributed by atoms with van der Waals surface area (Å²) in [5, 5.41) is 11.7. The molecule has 0 heterocycles. The van der Waals surface area contributed by atoms with Gasteiger partial charge in [-0.25, -0.2) is 0 Å². The number of carbonyl (C=O) groups excluding carboxylic acids is 1. The standard InChI is InChI=1S/C11H12NO4P/c1-2-16-11(14)10(12-7-17-15)8-3-5-9(13)6-4-8/h3-6,10,12-13H,2H2,1H3/t10-/m1/s1. The molecule has 1 rings (SSSR count). The molecular formula is C11H12NO4P. The van der Waals surface area contributed by atoms with Gasteiger partial charge in [-0.3, -0.25) is 0 Å². The van der Waals surface area contributed by atoms with Gasteiger partial charge >= 0.3 is 99.3 Å². The molecule has 0 saturated carbocycles. The predicted octanol–water partition coefficient (Wildman–Crippen LogP) is 1.79. The van der Waals surface area contributed by atoms with Crippen LogP contribution in [0.2, 0.25) is 0 Å². The molecule has 0 aliphatic rings. The van der Waals surface area contributed by atoms with Gasteiger partial charge in [0.2, 0.25) is 0 Å². The minimum absolute atomic E-state index is 0.103. The van der Waals surface area contributed by atoms with Gasteiger partial charge in [-0.15, -0.1) is 0 Å². The number of phenolic OH excluding ortho intramolecular Hbond substituents is 1. The van der Waals surface area contributed by atoms with E-state index in [1.165, 1.54) is 12.1 Å². The Kier molecular flexibility index (Phi) is 5.50. The molecule has 0 amide bonds. The van der Waals surface area contributed by atoms with Crippen molar-refractivity contribution in [2.75, 3.05) is 6.61 Å². The van der Waals surface area contributed by atoms with Crippen LogP contribution in [0.4, 0.5) is 0 Å². The van der Waals surface area contributed by atoms with Crippen LogP contribution in [-0.2, 0) is 14.1 Å². The fraction of sp³-hybridized carbons (Fsp3) is 0.273. The first-order valence-electron chi connectivity index (χ1n) is 4.97. The van der Waals surface area contributed by atoms with Crippen molar-refractivity contribution in [3.8, 4) is 11.5 Å². The molecule has 1 aromatic rings. The molecule has 6 heteroatoms. The van der Waals surface area contributed by atoms with Gasteiger partial charge in [0.1, 0.15) is 0 Å². The van der Waals surface area contributed by atoms with Gasteiger partial charge in [0, 0.05) is 0 Å². The second-order valence-corrected chi connectivity index (χ2v) is 3.53. The second kappa shape index (κ2) is 6.92. The number of rotatable bonds is 4. The van der Waals surface area contributed by atoms with Gasteiger partial charge in [-0.05, 0) is 0 Å². The molecule has 1 aromatic carbocycles. The molecule has 0 aromatic heterocycles. The summed E-state index contributed by atoms with van der Waals surface area (Å²) >= 11 is 0. The maximum atomic E-state index is 11.6. The number of hydrogen-bond donors (Lipinski definition) is 2. The summed E-state index contributed by atoms with van der Waals surface area (Å²) in [4.78, 5) is 11.6. The van der Waals surface area contributed by atoms with Gasteiger partial charge in [0.15, 0.2) is 0 Å². The first kappa shape index (κ1) is 13.5. The third-order valence-corrected chi connectivity index (χ3v) is 2.22. The van der Waals surface area contributed by atoms with Crippen molar-refractivity contribution < 1.29 is 19.2 Å². The van der Waals surface area contributed by atoms with Crippen molar-refractivity contribution in [1.82, 2.24) is 5.32 Å². The van der Waals surface area contributed by atoms with Crippen molar-refractivity contribution >= 4 is 13.9 Å². The van der Waals surface area contributed by atoms with Crippen LogP contribution >= 0.6 is 7.92 Å². The molecule has 0 fully saturated rings. The molecule has 0 aliphatic heterocycles. The maximum absolute atomic E-state index is 11.6. The molecule has 0 aliphatic carbocycles. The molecule has 17 heavy (non-hydrogen) atoms. The second-order valence-electron chi connectivity index (χ2n) is 3.12. The number of esters is 1. The van der Waals surface area contributed by atoms with E-state index in [0.29, 0.717) is 5.56 Å². The predicted molar refractivity (Wildman–Crippen MR) is 62.1 cm³/mol. The fourth-order valence-electron chi connectivity index (χ4n) is 1.26. The van der Waals surface area contributed by atoms with Crippen LogP contribution in [0.15, 0.2) is 24.3 Å². The van der Waals surface area contributed by atoms with Gasteiger partial charge < -0.3 is 0 Å². The summed E-state index contributed by atoms with van der Waals surface area (Å²) in [5.74, 6) is 1.92. The molecule has 0 spiro atoms. The van der Waals surface area contributed by atoms with Crippen LogP contribution in [-0.4, -0.2) is 17.7 Å². The van der Waals surface area contributed by atoms with E-state index < -0.39 is 12.0 Å². The third-order valence-electron chi connectivity index (χ3n) is 2.00. The number of ether oxygens (including phenoxy) is 1. The Balaban J connectivity index is 2.95.